The SMILES string of the molecule is Cl.Cl.Cn1ccnc1C1CNCCN1C(=O)c1cccc(-n2cncn2)c1. The van der Waals surface area contributed by atoms with Crippen LogP contribution >= 0.6 is 24.8 Å². The van der Waals surface area contributed by atoms with Crippen molar-refractivity contribution in [2.24, 2.45) is 7.05 Å². The van der Waals surface area contributed by atoms with Crippen LogP contribution in [-0.2, 0) is 7.05 Å². The average Bonchev–Trinajstić information content (AvgIpc) is 3.33. The van der Waals surface area contributed by atoms with Crippen molar-refractivity contribution in [1.29, 1.82) is 0 Å². The van der Waals surface area contributed by atoms with Gasteiger partial charge in [-0.05, 0) is 18.2 Å². The molecule has 1 unspecified atom stereocenters. The van der Waals surface area contributed by atoms with Gasteiger partial charge < -0.3 is 14.8 Å². The Morgan fingerprint density at radius 1 is 1.30 bits per heavy atom. The first-order valence-electron chi connectivity index (χ1n) is 8.18. The molecule has 1 atom stereocenters. The summed E-state index contributed by atoms with van der Waals surface area (Å²) in [4.78, 5) is 23.4. The van der Waals surface area contributed by atoms with Crippen LogP contribution in [0.15, 0.2) is 49.3 Å². The van der Waals surface area contributed by atoms with E-state index in [0.717, 1.165) is 18.1 Å². The molecule has 8 nitrogen and oxygen atoms in total. The third-order valence-corrected chi connectivity index (χ3v) is 4.44. The predicted octanol–water partition coefficient (Wildman–Crippen LogP) is 1.63. The molecule has 0 saturated carbocycles. The Balaban J connectivity index is 0.00000131. The van der Waals surface area contributed by atoms with Gasteiger partial charge in [0.2, 0.25) is 0 Å². The van der Waals surface area contributed by atoms with Crippen LogP contribution < -0.4 is 5.32 Å². The summed E-state index contributed by atoms with van der Waals surface area (Å²) in [6, 6.07) is 7.35. The van der Waals surface area contributed by atoms with Crippen LogP contribution in [0, 0.1) is 0 Å². The van der Waals surface area contributed by atoms with E-state index in [1.165, 1.54) is 6.33 Å². The molecule has 1 saturated heterocycles. The molecule has 1 aliphatic heterocycles. The smallest absolute Gasteiger partial charge is 0.254 e. The van der Waals surface area contributed by atoms with E-state index in [-0.39, 0.29) is 36.8 Å². The molecule has 1 fully saturated rings. The minimum atomic E-state index is -0.0868. The van der Waals surface area contributed by atoms with E-state index in [1.54, 1.807) is 17.2 Å². The zero-order valence-corrected chi connectivity index (χ0v) is 16.4. The second-order valence-corrected chi connectivity index (χ2v) is 6.01. The molecule has 3 heterocycles. The third-order valence-electron chi connectivity index (χ3n) is 4.44. The number of hydrogen-bond acceptors (Lipinski definition) is 5. The topological polar surface area (TPSA) is 80.9 Å². The molecule has 0 radical (unpaired) electrons. The molecule has 10 heteroatoms. The number of imidazole rings is 1. The summed E-state index contributed by atoms with van der Waals surface area (Å²) in [6.45, 7) is 2.11. The number of hydrogen-bond donors (Lipinski definition) is 1. The van der Waals surface area contributed by atoms with Gasteiger partial charge in [0, 0.05) is 44.6 Å². The van der Waals surface area contributed by atoms with Gasteiger partial charge in [-0.25, -0.2) is 14.6 Å². The van der Waals surface area contributed by atoms with Gasteiger partial charge in [-0.1, -0.05) is 6.07 Å². The molecule has 1 amide bonds. The van der Waals surface area contributed by atoms with Crippen LogP contribution in [0.3, 0.4) is 0 Å². The van der Waals surface area contributed by atoms with Crippen LogP contribution in [0.25, 0.3) is 5.69 Å². The summed E-state index contributed by atoms with van der Waals surface area (Å²) >= 11 is 0. The van der Waals surface area contributed by atoms with E-state index in [9.17, 15) is 4.79 Å². The molecule has 1 aromatic carbocycles. The molecule has 3 aromatic rings. The first-order valence-corrected chi connectivity index (χ1v) is 8.18. The van der Waals surface area contributed by atoms with Crippen molar-refractivity contribution in [3.63, 3.8) is 0 Å². The molecule has 0 aliphatic carbocycles. The lowest BCUT2D eigenvalue weighted by Crippen LogP contribution is -2.49. The average molecular weight is 410 g/mol. The van der Waals surface area contributed by atoms with Gasteiger partial charge in [0.25, 0.3) is 5.91 Å². The van der Waals surface area contributed by atoms with E-state index < -0.39 is 0 Å². The predicted molar refractivity (Wildman–Crippen MR) is 106 cm³/mol. The fourth-order valence-electron chi connectivity index (χ4n) is 3.17. The molecule has 2 aromatic heterocycles. The molecule has 0 spiro atoms. The van der Waals surface area contributed by atoms with Crippen LogP contribution in [0.5, 0.6) is 0 Å². The summed E-state index contributed by atoms with van der Waals surface area (Å²) in [7, 11) is 1.95. The van der Waals surface area contributed by atoms with Gasteiger partial charge in [0.15, 0.2) is 0 Å². The summed E-state index contributed by atoms with van der Waals surface area (Å²) < 4.78 is 3.61. The van der Waals surface area contributed by atoms with Crippen LogP contribution in [0.2, 0.25) is 0 Å². The highest BCUT2D eigenvalue weighted by Crippen LogP contribution is 2.23. The van der Waals surface area contributed by atoms with Crippen molar-refractivity contribution in [1.82, 2.24) is 34.5 Å². The van der Waals surface area contributed by atoms with Crippen molar-refractivity contribution >= 4 is 30.7 Å². The normalized spacial score (nSPS) is 16.3. The highest BCUT2D eigenvalue weighted by molar-refractivity contribution is 5.95. The summed E-state index contributed by atoms with van der Waals surface area (Å²) in [5.41, 5.74) is 1.45. The van der Waals surface area contributed by atoms with Gasteiger partial charge in [0.05, 0.1) is 5.69 Å². The van der Waals surface area contributed by atoms with Crippen molar-refractivity contribution in [2.75, 3.05) is 19.6 Å². The van der Waals surface area contributed by atoms with E-state index in [0.29, 0.717) is 18.7 Å². The Hall–Kier alpha value is -2.42. The van der Waals surface area contributed by atoms with E-state index in [2.05, 4.69) is 20.4 Å². The van der Waals surface area contributed by atoms with Crippen LogP contribution in [0.4, 0.5) is 0 Å². The lowest BCUT2D eigenvalue weighted by Gasteiger charge is -2.35. The van der Waals surface area contributed by atoms with Gasteiger partial charge in [-0.2, -0.15) is 5.10 Å². The van der Waals surface area contributed by atoms with Gasteiger partial charge in [0.1, 0.15) is 24.5 Å². The van der Waals surface area contributed by atoms with Gasteiger partial charge in [-0.15, -0.1) is 24.8 Å². The minimum absolute atomic E-state index is 0. The molecule has 27 heavy (non-hydrogen) atoms. The second kappa shape index (κ2) is 8.98. The highest BCUT2D eigenvalue weighted by Gasteiger charge is 2.31. The summed E-state index contributed by atoms with van der Waals surface area (Å²) in [6.07, 6.45) is 6.75. The molecular weight excluding hydrogens is 389 g/mol. The van der Waals surface area contributed by atoms with Crippen molar-refractivity contribution in [3.05, 3.63) is 60.7 Å². The van der Waals surface area contributed by atoms with E-state index >= 15 is 0 Å². The first kappa shape index (κ1) is 20.9. The Morgan fingerprint density at radius 3 is 2.85 bits per heavy atom. The Morgan fingerprint density at radius 2 is 2.15 bits per heavy atom. The zero-order chi connectivity index (χ0) is 17.2. The third kappa shape index (κ3) is 4.13. The Labute approximate surface area is 169 Å². The van der Waals surface area contributed by atoms with E-state index in [1.807, 2.05) is 47.0 Å². The van der Waals surface area contributed by atoms with Crippen molar-refractivity contribution in [3.8, 4) is 5.69 Å². The number of benzene rings is 1. The van der Waals surface area contributed by atoms with Crippen LogP contribution in [-0.4, -0.2) is 54.8 Å². The lowest BCUT2D eigenvalue weighted by molar-refractivity contribution is 0.0621. The summed E-state index contributed by atoms with van der Waals surface area (Å²) in [5, 5.41) is 7.47. The number of aryl methyl sites for hydroxylation is 1. The van der Waals surface area contributed by atoms with Crippen LogP contribution in [0.1, 0.15) is 22.2 Å². The second-order valence-electron chi connectivity index (χ2n) is 6.01. The maximum Gasteiger partial charge on any atom is 0.254 e. The molecule has 1 N–H and O–H groups in total. The molecule has 144 valence electrons. The highest BCUT2D eigenvalue weighted by atomic mass is 35.5. The van der Waals surface area contributed by atoms with Crippen molar-refractivity contribution < 1.29 is 4.79 Å². The van der Waals surface area contributed by atoms with Gasteiger partial charge in [-0.3, -0.25) is 4.79 Å². The molecule has 0 bridgehead atoms. The number of halogens is 2. The van der Waals surface area contributed by atoms with Gasteiger partial charge >= 0.3 is 0 Å². The number of nitrogens with one attached hydrogen (secondary N) is 1. The number of amides is 1. The zero-order valence-electron chi connectivity index (χ0n) is 14.7. The molecule has 4 rings (SSSR count). The number of rotatable bonds is 3. The maximum absolute atomic E-state index is 13.2. The monoisotopic (exact) mass is 409 g/mol. The first-order chi connectivity index (χ1) is 12.2. The van der Waals surface area contributed by atoms with E-state index in [4.69, 9.17) is 0 Å². The standard InChI is InChI=1S/C17H19N7O.2ClH/c1-22-7-6-20-16(22)15-10-18-5-8-23(15)17(25)13-3-2-4-14(9-13)24-12-19-11-21-24;;/h2-4,6-7,9,11-12,15,18H,5,8,10H2,1H3;2*1H. The van der Waals surface area contributed by atoms with Crippen molar-refractivity contribution in [2.45, 2.75) is 6.04 Å². The molecule has 1 aliphatic rings. The fraction of sp³-hybridized carbons (Fsp3) is 0.294. The molecular formula is C17H21Cl2N7O. The lowest BCUT2D eigenvalue weighted by atomic mass is 10.1. The fourth-order valence-corrected chi connectivity index (χ4v) is 3.17. The Bertz CT molecular complexity index is 881. The largest absolute Gasteiger partial charge is 0.336 e. The quantitative estimate of drug-likeness (QED) is 0.710. The maximum atomic E-state index is 13.2. The Kier molecular flexibility index (Phi) is 6.95. The number of carbonyl (C=O) groups is 1. The number of aromatic nitrogens is 5. The number of nitrogens with zero attached hydrogens (tertiary/aromatic N) is 6. The minimum Gasteiger partial charge on any atom is -0.336 e. The number of piperazine rings is 1. The number of carbonyl (C=O) groups excluding carboxylic acids is 1. The summed E-state index contributed by atoms with van der Waals surface area (Å²) in [5.74, 6) is 0.879.